The van der Waals surface area contributed by atoms with Gasteiger partial charge in [0, 0.05) is 35.6 Å². The molecule has 0 spiro atoms. The summed E-state index contributed by atoms with van der Waals surface area (Å²) in [6.07, 6.45) is 0. The Balaban J connectivity index is -0.00000000227. The zero-order valence-corrected chi connectivity index (χ0v) is 11.9. The van der Waals surface area contributed by atoms with Crippen LogP contribution in [0.2, 0.25) is 0 Å². The van der Waals surface area contributed by atoms with Gasteiger partial charge in [0.05, 0.1) is 0 Å². The summed E-state index contributed by atoms with van der Waals surface area (Å²) in [5, 5.41) is 14.8. The molecular weight excluding hydrogens is 387 g/mol. The molecule has 0 aromatic carbocycles. The number of carboxylic acid groups (broad SMARTS) is 2. The molecule has 0 aliphatic carbocycles. The molecule has 0 rings (SSSR count). The van der Waals surface area contributed by atoms with Crippen LogP contribution < -0.4 is 0 Å². The summed E-state index contributed by atoms with van der Waals surface area (Å²) in [6, 6.07) is 0. The van der Waals surface area contributed by atoms with Gasteiger partial charge in [-0.1, -0.05) is 0 Å². The van der Waals surface area contributed by atoms with Crippen LogP contribution >= 0.6 is 0 Å². The van der Waals surface area contributed by atoms with Gasteiger partial charge < -0.3 is 65.0 Å². The summed E-state index contributed by atoms with van der Waals surface area (Å²) < 4.78 is 0. The largest absolute Gasteiger partial charge is 0.473 e. The summed E-state index contributed by atoms with van der Waals surface area (Å²) in [4.78, 5) is 18.2. The minimum Gasteiger partial charge on any atom is -0.473 e. The van der Waals surface area contributed by atoms with Gasteiger partial charge in [0.2, 0.25) is 0 Å². The molecule has 22 N–H and O–H groups in total. The normalized spacial score (nSPS) is 2.59. The van der Waals surface area contributed by atoms with E-state index in [0.717, 1.165) is 0 Å². The van der Waals surface area contributed by atoms with E-state index in [1.165, 1.54) is 0 Å². The number of rotatable bonds is 0. The second-order valence-corrected chi connectivity index (χ2v) is 0.610. The molecule has 0 heterocycles. The van der Waals surface area contributed by atoms with Crippen molar-refractivity contribution in [1.29, 1.82) is 0 Å². The van der Waals surface area contributed by atoms with Crippen molar-refractivity contribution in [2.75, 3.05) is 0 Å². The Morgan fingerprint density at radius 2 is 0.529 bits per heavy atom. The van der Waals surface area contributed by atoms with E-state index in [9.17, 15) is 0 Å². The second-order valence-electron chi connectivity index (χ2n) is 0.610. The first-order chi connectivity index (χ1) is 2.64. The van der Waals surface area contributed by atoms with Gasteiger partial charge in [0.15, 0.2) is 0 Å². The van der Waals surface area contributed by atoms with Crippen molar-refractivity contribution in [3.63, 3.8) is 0 Å². The Bertz CT molecular complexity index is 80.2. The third-order valence-electron chi connectivity index (χ3n) is 0.183. The molecule has 15 heteroatoms. The number of carboxylic acids is 2. The van der Waals surface area contributed by atoms with Crippen molar-refractivity contribution in [3.8, 4) is 0 Å². The fourth-order valence-corrected chi connectivity index (χ4v) is 0. The summed E-state index contributed by atoms with van der Waals surface area (Å²) in [6.45, 7) is 0. The molecule has 1 radical (unpaired) electrons. The van der Waals surface area contributed by atoms with E-state index in [2.05, 4.69) is 0 Å². The molecule has 0 saturated carbocycles. The van der Waals surface area contributed by atoms with Gasteiger partial charge in [-0.15, -0.1) is 0 Å². The third kappa shape index (κ3) is 213. The van der Waals surface area contributed by atoms with Crippen molar-refractivity contribution in [3.05, 3.63) is 0 Å². The molecule has 117 valence electrons. The van der Waals surface area contributed by atoms with E-state index in [1.54, 1.807) is 0 Å². The van der Waals surface area contributed by atoms with Crippen molar-refractivity contribution in [1.82, 2.24) is 0 Å². The Hall–Kier alpha value is -0.265. The van der Waals surface area contributed by atoms with Crippen LogP contribution in [0.25, 0.3) is 0 Å². The average Bonchev–Trinajstić information content (AvgIpc) is 1.36. The molecule has 0 unspecified atom stereocenters. The quantitative estimate of drug-likeness (QED) is 0.368. The van der Waals surface area contributed by atoms with Gasteiger partial charge in [-0.25, -0.2) is 9.59 Å². The van der Waals surface area contributed by atoms with Crippen LogP contribution in [0.5, 0.6) is 0 Å². The standard InChI is InChI=1S/C2H2O4.La.10H2O/c3-1(4)2(5)6;;;;;;;;;;;/h(H,3,4)(H,5,6);;10*1H2. The minimum atomic E-state index is -1.82. The number of hydrogen-bond donors (Lipinski definition) is 2. The van der Waals surface area contributed by atoms with E-state index < -0.39 is 11.9 Å². The maximum absolute atomic E-state index is 9.10. The Labute approximate surface area is 122 Å². The molecular formula is C2H22LaO14. The second kappa shape index (κ2) is 104. The van der Waals surface area contributed by atoms with Crippen molar-refractivity contribution < 1.29 is 110 Å². The van der Waals surface area contributed by atoms with Gasteiger partial charge in [-0.05, 0) is 0 Å². The van der Waals surface area contributed by atoms with E-state index in [0.29, 0.717) is 0 Å². The molecule has 0 aromatic rings. The van der Waals surface area contributed by atoms with Crippen LogP contribution in [0, 0.1) is 35.6 Å². The average molecular weight is 409 g/mol. The molecule has 17 heavy (non-hydrogen) atoms. The van der Waals surface area contributed by atoms with Crippen LogP contribution in [0.15, 0.2) is 0 Å². The number of carbonyl (C=O) groups is 2. The molecule has 0 amide bonds. The van der Waals surface area contributed by atoms with Crippen molar-refractivity contribution in [2.45, 2.75) is 0 Å². The predicted molar refractivity (Wildman–Crippen MR) is 51.4 cm³/mol. The van der Waals surface area contributed by atoms with Gasteiger partial charge in [0.1, 0.15) is 0 Å². The van der Waals surface area contributed by atoms with E-state index >= 15 is 0 Å². The molecule has 0 aliphatic rings. The molecule has 0 fully saturated rings. The molecule has 0 aromatic heterocycles. The predicted octanol–water partition coefficient (Wildman–Crippen LogP) is -9.09. The fourth-order valence-electron chi connectivity index (χ4n) is 0. The van der Waals surface area contributed by atoms with Crippen LogP contribution in [0.1, 0.15) is 0 Å². The van der Waals surface area contributed by atoms with Crippen LogP contribution in [-0.2, 0) is 9.59 Å². The maximum atomic E-state index is 9.10. The first-order valence-electron chi connectivity index (χ1n) is 1.11. The topological polar surface area (TPSA) is 390 Å². The zero-order chi connectivity index (χ0) is 5.15. The SMILES string of the molecule is O.O.O.O.O.O.O.O.O.O.O=C(O)C(=O)O.[La]. The summed E-state index contributed by atoms with van der Waals surface area (Å²) >= 11 is 0. The van der Waals surface area contributed by atoms with Gasteiger partial charge >= 0.3 is 11.9 Å². The minimum absolute atomic E-state index is 0. The fraction of sp³-hybridized carbons (Fsp3) is 0. The molecule has 0 saturated heterocycles. The number of aliphatic carboxylic acids is 2. The molecule has 14 nitrogen and oxygen atoms in total. The first-order valence-corrected chi connectivity index (χ1v) is 1.11. The summed E-state index contributed by atoms with van der Waals surface area (Å²) in [5.74, 6) is -3.65. The maximum Gasteiger partial charge on any atom is 0.414 e. The molecule has 0 aliphatic heterocycles. The van der Waals surface area contributed by atoms with Crippen molar-refractivity contribution >= 4 is 11.9 Å². The zero-order valence-electron chi connectivity index (χ0n) is 8.29. The van der Waals surface area contributed by atoms with Crippen LogP contribution in [0.3, 0.4) is 0 Å². The smallest absolute Gasteiger partial charge is 0.414 e. The Morgan fingerprint density at radius 1 is 0.471 bits per heavy atom. The van der Waals surface area contributed by atoms with Gasteiger partial charge in [-0.3, -0.25) is 0 Å². The molecule has 0 bridgehead atoms. The monoisotopic (exact) mass is 409 g/mol. The van der Waals surface area contributed by atoms with Crippen LogP contribution in [-0.4, -0.2) is 76.9 Å². The van der Waals surface area contributed by atoms with Crippen LogP contribution in [0.4, 0.5) is 0 Å². The van der Waals surface area contributed by atoms with Gasteiger partial charge in [0.25, 0.3) is 0 Å². The molecule has 0 atom stereocenters. The van der Waals surface area contributed by atoms with E-state index in [-0.39, 0.29) is 90.4 Å². The van der Waals surface area contributed by atoms with E-state index in [4.69, 9.17) is 19.8 Å². The van der Waals surface area contributed by atoms with Crippen molar-refractivity contribution in [2.24, 2.45) is 0 Å². The van der Waals surface area contributed by atoms with Gasteiger partial charge in [-0.2, -0.15) is 0 Å². The third-order valence-corrected chi connectivity index (χ3v) is 0.183. The Morgan fingerprint density at radius 3 is 0.529 bits per heavy atom. The summed E-state index contributed by atoms with van der Waals surface area (Å²) in [5.41, 5.74) is 0. The first kappa shape index (κ1) is 185. The Kier molecular flexibility index (Phi) is 1130. The van der Waals surface area contributed by atoms with E-state index in [1.807, 2.05) is 0 Å². The summed E-state index contributed by atoms with van der Waals surface area (Å²) in [7, 11) is 0. The number of hydrogen-bond acceptors (Lipinski definition) is 2.